The Morgan fingerprint density at radius 3 is 2.43 bits per heavy atom. The van der Waals surface area contributed by atoms with Crippen LogP contribution in [0.2, 0.25) is 0 Å². The van der Waals surface area contributed by atoms with Gasteiger partial charge in [0, 0.05) is 17.6 Å². The van der Waals surface area contributed by atoms with Gasteiger partial charge in [-0.2, -0.15) is 13.2 Å². The molecule has 5 nitrogen and oxygen atoms in total. The molecule has 2 atom stereocenters. The Morgan fingerprint density at radius 2 is 1.75 bits per heavy atom. The highest BCUT2D eigenvalue weighted by Crippen LogP contribution is 2.31. The summed E-state index contributed by atoms with van der Waals surface area (Å²) in [4.78, 5) is 25.0. The topological polar surface area (TPSA) is 84.2 Å². The molecule has 1 fully saturated rings. The quantitative estimate of drug-likeness (QED) is 0.736. The molecule has 1 aliphatic carbocycles. The van der Waals surface area contributed by atoms with Crippen molar-refractivity contribution >= 4 is 23.2 Å². The molecule has 4 N–H and O–H groups in total. The smallest absolute Gasteiger partial charge is 0.328 e. The number of para-hydroxylation sites is 1. The Labute approximate surface area is 160 Å². The summed E-state index contributed by atoms with van der Waals surface area (Å²) in [6.07, 6.45) is -2.46. The Kier molecular flexibility index (Phi) is 5.69. The van der Waals surface area contributed by atoms with E-state index in [4.69, 9.17) is 5.73 Å². The number of amides is 2. The summed E-state index contributed by atoms with van der Waals surface area (Å²) >= 11 is 0. The first-order valence-corrected chi connectivity index (χ1v) is 8.88. The summed E-state index contributed by atoms with van der Waals surface area (Å²) in [6, 6.07) is 10.7. The van der Waals surface area contributed by atoms with Gasteiger partial charge in [0.2, 0.25) is 5.91 Å². The van der Waals surface area contributed by atoms with Crippen LogP contribution in [0.1, 0.15) is 35.2 Å². The van der Waals surface area contributed by atoms with E-state index in [9.17, 15) is 22.8 Å². The number of nitrogens with two attached hydrogens (primary N) is 1. The number of anilines is 2. The summed E-state index contributed by atoms with van der Waals surface area (Å²) < 4.78 is 38.5. The third kappa shape index (κ3) is 4.69. The van der Waals surface area contributed by atoms with Crippen molar-refractivity contribution in [2.24, 2.45) is 11.7 Å². The third-order valence-electron chi connectivity index (χ3n) is 4.72. The molecule has 0 spiro atoms. The highest BCUT2D eigenvalue weighted by molar-refractivity contribution is 6.10. The van der Waals surface area contributed by atoms with Crippen molar-refractivity contribution in [3.8, 4) is 0 Å². The fraction of sp³-hybridized carbons (Fsp3) is 0.300. The summed E-state index contributed by atoms with van der Waals surface area (Å²) in [5.41, 5.74) is 5.46. The fourth-order valence-electron chi connectivity index (χ4n) is 3.25. The van der Waals surface area contributed by atoms with Crippen LogP contribution in [0.3, 0.4) is 0 Å². The monoisotopic (exact) mass is 391 g/mol. The van der Waals surface area contributed by atoms with Crippen molar-refractivity contribution in [1.29, 1.82) is 0 Å². The van der Waals surface area contributed by atoms with Gasteiger partial charge in [-0.25, -0.2) is 0 Å². The normalized spacial score (nSPS) is 19.3. The lowest BCUT2D eigenvalue weighted by Crippen LogP contribution is -2.24. The molecule has 2 aromatic carbocycles. The minimum Gasteiger partial charge on any atom is -0.328 e. The van der Waals surface area contributed by atoms with Gasteiger partial charge in [-0.3, -0.25) is 9.59 Å². The van der Waals surface area contributed by atoms with Gasteiger partial charge in [0.05, 0.1) is 16.8 Å². The molecule has 0 radical (unpaired) electrons. The lowest BCUT2D eigenvalue weighted by atomic mass is 10.1. The SMILES string of the molecule is NC1CCC(C(=O)Nc2ccccc2C(=O)Nc2cccc(C(F)(F)F)c2)C1. The van der Waals surface area contributed by atoms with Crippen LogP contribution in [0, 0.1) is 5.92 Å². The lowest BCUT2D eigenvalue weighted by molar-refractivity contribution is -0.137. The van der Waals surface area contributed by atoms with Crippen LogP contribution in [0.25, 0.3) is 0 Å². The zero-order valence-corrected chi connectivity index (χ0v) is 14.9. The number of carbonyl (C=O) groups is 2. The van der Waals surface area contributed by atoms with Crippen molar-refractivity contribution in [1.82, 2.24) is 0 Å². The number of hydrogen-bond donors (Lipinski definition) is 3. The number of rotatable bonds is 4. The van der Waals surface area contributed by atoms with Crippen molar-refractivity contribution in [2.45, 2.75) is 31.5 Å². The molecule has 2 amide bonds. The third-order valence-corrected chi connectivity index (χ3v) is 4.72. The van der Waals surface area contributed by atoms with Crippen LogP contribution in [-0.4, -0.2) is 17.9 Å². The summed E-state index contributed by atoms with van der Waals surface area (Å²) in [6.45, 7) is 0. The van der Waals surface area contributed by atoms with E-state index >= 15 is 0 Å². The number of hydrogen-bond acceptors (Lipinski definition) is 3. The maximum absolute atomic E-state index is 12.8. The van der Waals surface area contributed by atoms with E-state index in [-0.39, 0.29) is 29.1 Å². The summed E-state index contributed by atoms with van der Waals surface area (Å²) in [5, 5.41) is 5.19. The van der Waals surface area contributed by atoms with Gasteiger partial charge in [0.15, 0.2) is 0 Å². The Hall–Kier alpha value is -2.87. The van der Waals surface area contributed by atoms with Gasteiger partial charge >= 0.3 is 6.18 Å². The molecular formula is C20H20F3N3O2. The molecule has 0 aliphatic heterocycles. The number of carbonyl (C=O) groups excluding carboxylic acids is 2. The molecule has 1 saturated carbocycles. The van der Waals surface area contributed by atoms with Crippen molar-refractivity contribution in [3.63, 3.8) is 0 Å². The average molecular weight is 391 g/mol. The minimum absolute atomic E-state index is 0.00444. The van der Waals surface area contributed by atoms with Gasteiger partial charge in [-0.05, 0) is 49.6 Å². The second-order valence-electron chi connectivity index (χ2n) is 6.84. The Bertz CT molecular complexity index is 883. The van der Waals surface area contributed by atoms with E-state index in [0.717, 1.165) is 18.6 Å². The summed E-state index contributed by atoms with van der Waals surface area (Å²) in [7, 11) is 0. The largest absolute Gasteiger partial charge is 0.416 e. The van der Waals surface area contributed by atoms with Gasteiger partial charge < -0.3 is 16.4 Å². The van der Waals surface area contributed by atoms with E-state index < -0.39 is 17.6 Å². The molecule has 2 aromatic rings. The fourth-order valence-corrected chi connectivity index (χ4v) is 3.25. The first-order chi connectivity index (χ1) is 13.2. The van der Waals surface area contributed by atoms with Crippen LogP contribution >= 0.6 is 0 Å². The van der Waals surface area contributed by atoms with Crippen LogP contribution in [0.4, 0.5) is 24.5 Å². The van der Waals surface area contributed by atoms with Crippen LogP contribution in [-0.2, 0) is 11.0 Å². The zero-order valence-electron chi connectivity index (χ0n) is 14.9. The molecule has 0 bridgehead atoms. The molecule has 3 rings (SSSR count). The molecule has 1 aliphatic rings. The van der Waals surface area contributed by atoms with E-state index in [2.05, 4.69) is 10.6 Å². The van der Waals surface area contributed by atoms with Crippen LogP contribution < -0.4 is 16.4 Å². The second kappa shape index (κ2) is 8.02. The van der Waals surface area contributed by atoms with Crippen LogP contribution in [0.15, 0.2) is 48.5 Å². The number of benzene rings is 2. The van der Waals surface area contributed by atoms with E-state index in [1.54, 1.807) is 18.2 Å². The van der Waals surface area contributed by atoms with E-state index in [1.807, 2.05) is 0 Å². The van der Waals surface area contributed by atoms with Gasteiger partial charge in [0.1, 0.15) is 0 Å². The molecule has 28 heavy (non-hydrogen) atoms. The summed E-state index contributed by atoms with van der Waals surface area (Å²) in [5.74, 6) is -1.04. The molecule has 2 unspecified atom stereocenters. The van der Waals surface area contributed by atoms with Crippen LogP contribution in [0.5, 0.6) is 0 Å². The maximum Gasteiger partial charge on any atom is 0.416 e. The second-order valence-corrected chi connectivity index (χ2v) is 6.84. The molecule has 0 aromatic heterocycles. The Balaban J connectivity index is 1.75. The first kappa shape index (κ1) is 19.9. The zero-order chi connectivity index (χ0) is 20.3. The number of alkyl halides is 3. The first-order valence-electron chi connectivity index (χ1n) is 8.88. The van der Waals surface area contributed by atoms with E-state index in [1.165, 1.54) is 18.2 Å². The van der Waals surface area contributed by atoms with Crippen molar-refractivity contribution in [3.05, 3.63) is 59.7 Å². The predicted molar refractivity (Wildman–Crippen MR) is 99.8 cm³/mol. The standard InChI is InChI=1S/C20H20F3N3O2/c21-20(22,23)13-4-3-5-15(11-13)25-19(28)16-6-1-2-7-17(16)26-18(27)12-8-9-14(24)10-12/h1-7,11-12,14H,8-10,24H2,(H,25,28)(H,26,27). The van der Waals surface area contributed by atoms with Crippen molar-refractivity contribution < 1.29 is 22.8 Å². The molecule has 8 heteroatoms. The maximum atomic E-state index is 12.8. The highest BCUT2D eigenvalue weighted by Gasteiger charge is 2.31. The molecule has 0 heterocycles. The van der Waals surface area contributed by atoms with Gasteiger partial charge in [-0.1, -0.05) is 18.2 Å². The van der Waals surface area contributed by atoms with E-state index in [0.29, 0.717) is 18.5 Å². The average Bonchev–Trinajstić information content (AvgIpc) is 3.08. The molecule has 0 saturated heterocycles. The van der Waals surface area contributed by atoms with Gasteiger partial charge in [-0.15, -0.1) is 0 Å². The minimum atomic E-state index is -4.51. The lowest BCUT2D eigenvalue weighted by Gasteiger charge is -2.15. The number of nitrogens with one attached hydrogen (secondary N) is 2. The number of halogens is 3. The Morgan fingerprint density at radius 1 is 1.00 bits per heavy atom. The predicted octanol–water partition coefficient (Wildman–Crippen LogP) is 4.02. The molecular weight excluding hydrogens is 371 g/mol. The molecule has 148 valence electrons. The van der Waals surface area contributed by atoms with Gasteiger partial charge in [0.25, 0.3) is 5.91 Å². The van der Waals surface area contributed by atoms with Crippen molar-refractivity contribution in [2.75, 3.05) is 10.6 Å². The highest BCUT2D eigenvalue weighted by atomic mass is 19.4.